The molecule has 0 bridgehead atoms. The first-order valence-electron chi connectivity index (χ1n) is 6.49. The smallest absolute Gasteiger partial charge is 0.295 e. The van der Waals surface area contributed by atoms with Crippen LogP contribution in [0.2, 0.25) is 0 Å². The van der Waals surface area contributed by atoms with E-state index in [4.69, 9.17) is 5.53 Å². The molecular formula is C15H11N3O5S. The van der Waals surface area contributed by atoms with Crippen molar-refractivity contribution in [2.24, 2.45) is 5.11 Å². The third-order valence-corrected chi connectivity index (χ3v) is 3.91. The summed E-state index contributed by atoms with van der Waals surface area (Å²) in [6.45, 7) is 0. The van der Waals surface area contributed by atoms with Crippen LogP contribution in [0.5, 0.6) is 5.75 Å². The topological polar surface area (TPSA) is 140 Å². The number of phenols is 1. The van der Waals surface area contributed by atoms with E-state index in [1.54, 1.807) is 0 Å². The first kappa shape index (κ1) is 17.2. The number of phenolic OH excluding ortho intramolecular Hbond substituents is 1. The Morgan fingerprint density at radius 3 is 2.42 bits per heavy atom. The van der Waals surface area contributed by atoms with Gasteiger partial charge in [0.05, 0.1) is 0 Å². The predicted molar refractivity (Wildman–Crippen MR) is 86.5 cm³/mol. The molecule has 122 valence electrons. The summed E-state index contributed by atoms with van der Waals surface area (Å²) in [6.07, 6.45) is 2.35. The zero-order valence-electron chi connectivity index (χ0n) is 12.1. The van der Waals surface area contributed by atoms with E-state index in [1.807, 2.05) is 0 Å². The molecule has 0 amide bonds. The van der Waals surface area contributed by atoms with Gasteiger partial charge in [0, 0.05) is 16.2 Å². The Labute approximate surface area is 137 Å². The van der Waals surface area contributed by atoms with Gasteiger partial charge in [-0.1, -0.05) is 17.2 Å². The number of aromatic hydroxyl groups is 1. The lowest BCUT2D eigenvalue weighted by Crippen LogP contribution is -2.01. The Morgan fingerprint density at radius 1 is 1.17 bits per heavy atom. The number of hydrogen-bond donors (Lipinski definition) is 2. The number of carbonyl (C=O) groups is 1. The second-order valence-electron chi connectivity index (χ2n) is 4.63. The minimum Gasteiger partial charge on any atom is -0.508 e. The molecule has 2 aromatic rings. The third kappa shape index (κ3) is 4.20. The summed E-state index contributed by atoms with van der Waals surface area (Å²) < 4.78 is 32.1. The minimum atomic E-state index is -4.57. The van der Waals surface area contributed by atoms with Crippen molar-refractivity contribution in [3.8, 4) is 5.75 Å². The van der Waals surface area contributed by atoms with Crippen LogP contribution in [-0.2, 0) is 10.1 Å². The molecule has 0 radical (unpaired) electrons. The zero-order valence-corrected chi connectivity index (χ0v) is 12.9. The number of benzene rings is 2. The van der Waals surface area contributed by atoms with E-state index in [2.05, 4.69) is 10.0 Å². The van der Waals surface area contributed by atoms with Gasteiger partial charge in [0.1, 0.15) is 10.6 Å². The normalized spacial score (nSPS) is 11.2. The van der Waals surface area contributed by atoms with Crippen molar-refractivity contribution in [3.63, 3.8) is 0 Å². The van der Waals surface area contributed by atoms with Gasteiger partial charge in [-0.15, -0.1) is 0 Å². The Kier molecular flexibility index (Phi) is 5.00. The van der Waals surface area contributed by atoms with E-state index in [-0.39, 0.29) is 17.0 Å². The van der Waals surface area contributed by atoms with Crippen molar-refractivity contribution >= 4 is 27.7 Å². The highest BCUT2D eigenvalue weighted by atomic mass is 32.2. The van der Waals surface area contributed by atoms with E-state index >= 15 is 0 Å². The molecule has 24 heavy (non-hydrogen) atoms. The number of carbonyl (C=O) groups excluding carboxylic acids is 1. The molecule has 0 fully saturated rings. The molecule has 0 saturated heterocycles. The maximum Gasteiger partial charge on any atom is 0.295 e. The number of allylic oxidation sites excluding steroid dienone is 1. The lowest BCUT2D eigenvalue weighted by molar-refractivity contribution is 0.104. The van der Waals surface area contributed by atoms with Gasteiger partial charge in [-0.2, -0.15) is 8.42 Å². The SMILES string of the molecule is [N-]=[N+]=Nc1ccc(C=CC(=O)c2ccc(O)cc2)c(S(=O)(=O)O)c1. The van der Waals surface area contributed by atoms with E-state index in [9.17, 15) is 22.9 Å². The molecule has 0 aliphatic carbocycles. The van der Waals surface area contributed by atoms with E-state index in [1.165, 1.54) is 42.5 Å². The average molecular weight is 345 g/mol. The molecule has 0 aliphatic rings. The van der Waals surface area contributed by atoms with E-state index < -0.39 is 20.8 Å². The maximum atomic E-state index is 12.0. The summed E-state index contributed by atoms with van der Waals surface area (Å²) in [5, 5.41) is 12.4. The van der Waals surface area contributed by atoms with Crippen molar-refractivity contribution in [1.82, 2.24) is 0 Å². The summed E-state index contributed by atoms with van der Waals surface area (Å²) in [6, 6.07) is 9.16. The van der Waals surface area contributed by atoms with Gasteiger partial charge in [0.2, 0.25) is 0 Å². The van der Waals surface area contributed by atoms with Gasteiger partial charge in [0.25, 0.3) is 10.1 Å². The number of hydrogen-bond acceptors (Lipinski definition) is 5. The highest BCUT2D eigenvalue weighted by Crippen LogP contribution is 2.24. The molecule has 0 aromatic heterocycles. The molecule has 0 saturated carbocycles. The Bertz CT molecular complexity index is 959. The highest BCUT2D eigenvalue weighted by molar-refractivity contribution is 7.86. The molecule has 0 unspecified atom stereocenters. The standard InChI is InChI=1S/C15H11N3O5S/c16-18-17-12-5-1-11(15(9-12)24(21,22)23)4-8-14(20)10-2-6-13(19)7-3-10/h1-9,19H,(H,21,22,23). The van der Waals surface area contributed by atoms with Crippen molar-refractivity contribution in [3.05, 3.63) is 70.1 Å². The van der Waals surface area contributed by atoms with Gasteiger partial charge in [-0.05, 0) is 53.6 Å². The monoisotopic (exact) mass is 345 g/mol. The Hall–Kier alpha value is -3.13. The molecule has 0 aliphatic heterocycles. The van der Waals surface area contributed by atoms with E-state index in [0.717, 1.165) is 12.1 Å². The summed E-state index contributed by atoms with van der Waals surface area (Å²) in [5.74, 6) is -0.409. The van der Waals surface area contributed by atoms with Gasteiger partial charge in [-0.25, -0.2) is 0 Å². The van der Waals surface area contributed by atoms with Crippen LogP contribution in [0.4, 0.5) is 5.69 Å². The molecule has 2 aromatic carbocycles. The zero-order chi connectivity index (χ0) is 17.7. The van der Waals surface area contributed by atoms with Crippen LogP contribution >= 0.6 is 0 Å². The molecule has 2 rings (SSSR count). The molecule has 0 spiro atoms. The number of rotatable bonds is 5. The highest BCUT2D eigenvalue weighted by Gasteiger charge is 2.15. The van der Waals surface area contributed by atoms with Crippen LogP contribution in [-0.4, -0.2) is 23.9 Å². The molecule has 9 heteroatoms. The number of ketones is 1. The molecule has 2 N–H and O–H groups in total. The van der Waals surface area contributed by atoms with Crippen LogP contribution in [0.15, 0.2) is 58.6 Å². The predicted octanol–water partition coefficient (Wildman–Crippen LogP) is 3.48. The van der Waals surface area contributed by atoms with Crippen LogP contribution in [0.1, 0.15) is 15.9 Å². The quantitative estimate of drug-likeness (QED) is 0.213. The minimum absolute atomic E-state index is 0.00661. The van der Waals surface area contributed by atoms with Crippen molar-refractivity contribution in [2.45, 2.75) is 4.90 Å². The number of nitrogens with zero attached hydrogens (tertiary/aromatic N) is 3. The number of azide groups is 1. The first-order valence-corrected chi connectivity index (χ1v) is 7.93. The van der Waals surface area contributed by atoms with Crippen molar-refractivity contribution in [2.75, 3.05) is 0 Å². The lowest BCUT2D eigenvalue weighted by atomic mass is 10.1. The maximum absolute atomic E-state index is 12.0. The fourth-order valence-corrected chi connectivity index (χ4v) is 2.59. The fraction of sp³-hybridized carbons (Fsp3) is 0. The average Bonchev–Trinajstić information content (AvgIpc) is 2.53. The summed E-state index contributed by atoms with van der Waals surface area (Å²) in [5.41, 5.74) is 8.73. The molecular weight excluding hydrogens is 334 g/mol. The van der Waals surface area contributed by atoms with Crippen LogP contribution in [0.25, 0.3) is 16.5 Å². The second-order valence-corrected chi connectivity index (χ2v) is 6.02. The molecule has 0 heterocycles. The summed E-state index contributed by atoms with van der Waals surface area (Å²) in [4.78, 5) is 14.1. The van der Waals surface area contributed by atoms with Gasteiger partial charge < -0.3 is 5.11 Å². The van der Waals surface area contributed by atoms with Crippen LogP contribution in [0.3, 0.4) is 0 Å². The Balaban J connectivity index is 2.39. The molecule has 0 atom stereocenters. The van der Waals surface area contributed by atoms with Gasteiger partial charge in [-0.3, -0.25) is 9.35 Å². The fourth-order valence-electron chi connectivity index (χ4n) is 1.89. The molecule has 8 nitrogen and oxygen atoms in total. The van der Waals surface area contributed by atoms with Crippen LogP contribution in [0, 0.1) is 0 Å². The largest absolute Gasteiger partial charge is 0.508 e. The van der Waals surface area contributed by atoms with Crippen molar-refractivity contribution in [1.29, 1.82) is 0 Å². The van der Waals surface area contributed by atoms with Gasteiger partial charge >= 0.3 is 0 Å². The Morgan fingerprint density at radius 2 is 1.83 bits per heavy atom. The van der Waals surface area contributed by atoms with Gasteiger partial charge in [0.15, 0.2) is 5.78 Å². The first-order chi connectivity index (χ1) is 11.3. The summed E-state index contributed by atoms with van der Waals surface area (Å²) >= 11 is 0. The van der Waals surface area contributed by atoms with Crippen LogP contribution < -0.4 is 0 Å². The lowest BCUT2D eigenvalue weighted by Gasteiger charge is -2.04. The van der Waals surface area contributed by atoms with E-state index in [0.29, 0.717) is 5.56 Å². The second kappa shape index (κ2) is 6.97. The third-order valence-electron chi connectivity index (χ3n) is 3.00. The van der Waals surface area contributed by atoms with Crippen molar-refractivity contribution < 1.29 is 22.9 Å². The summed E-state index contributed by atoms with van der Waals surface area (Å²) in [7, 11) is -4.57.